The molecule has 1 aromatic heterocycles. The maximum Gasteiger partial charge on any atom is 0.0981 e. The first kappa shape index (κ1) is 8.32. The van der Waals surface area contributed by atoms with Gasteiger partial charge in [0.25, 0.3) is 0 Å². The van der Waals surface area contributed by atoms with Gasteiger partial charge in [-0.3, -0.25) is 0 Å². The number of nitrogens with one attached hydrogen (secondary N) is 1. The highest BCUT2D eigenvalue weighted by molar-refractivity contribution is 5.80. The Morgan fingerprint density at radius 2 is 1.46 bits per heavy atom. The van der Waals surface area contributed by atoms with E-state index in [-0.39, 0.29) is 0 Å². The van der Waals surface area contributed by atoms with E-state index in [9.17, 15) is 0 Å². The molecule has 2 nitrogen and oxygen atoms in total. The molecule has 0 spiro atoms. The minimum atomic E-state index is 1.16. The van der Waals surface area contributed by atoms with Gasteiger partial charge in [-0.1, -0.05) is 24.3 Å². The van der Waals surface area contributed by atoms with Gasteiger partial charge in [0.15, 0.2) is 0 Å². The lowest BCUT2D eigenvalue weighted by Gasteiger charge is -2.09. The molecule has 68 valence electrons. The van der Waals surface area contributed by atoms with Gasteiger partial charge < -0.3 is 9.73 Å². The smallest absolute Gasteiger partial charge is 0.0981 e. The van der Waals surface area contributed by atoms with Crippen molar-refractivity contribution in [2.75, 3.05) is 13.1 Å². The predicted octanol–water partition coefficient (Wildman–Crippen LogP) is 2.41. The van der Waals surface area contributed by atoms with E-state index in [1.54, 1.807) is 12.5 Å². The van der Waals surface area contributed by atoms with Crippen molar-refractivity contribution in [1.29, 1.82) is 0 Å². The van der Waals surface area contributed by atoms with Crippen molar-refractivity contribution in [3.63, 3.8) is 0 Å². The number of furan rings is 1. The monoisotopic (exact) mass is 175 g/mol. The van der Waals surface area contributed by atoms with E-state index in [4.69, 9.17) is 4.42 Å². The Hall–Kier alpha value is -1.28. The molecule has 0 bridgehead atoms. The zero-order valence-corrected chi connectivity index (χ0v) is 7.49. The molecule has 0 aliphatic carbocycles. The van der Waals surface area contributed by atoms with Crippen molar-refractivity contribution >= 4 is 10.8 Å². The Bertz CT molecular complexity index is 329. The summed E-state index contributed by atoms with van der Waals surface area (Å²) in [6.07, 6.45) is 4.88. The van der Waals surface area contributed by atoms with Crippen molar-refractivity contribution in [1.82, 2.24) is 5.32 Å². The average Bonchev–Trinajstić information content (AvgIpc) is 2.47. The Labute approximate surface area is 77.6 Å². The standard InChI is InChI=1S/C8H6O.C3H7N/c1-2-4-8-6-9-5-7(8)3-1;1-2-4-3-1/h1-6H;4H,1-3H2. The first-order valence-corrected chi connectivity index (χ1v) is 4.58. The third kappa shape index (κ3) is 2.10. The molecule has 0 radical (unpaired) electrons. The lowest BCUT2D eigenvalue weighted by Crippen LogP contribution is -2.29. The number of fused-ring (bicyclic) bond motifs is 1. The highest BCUT2D eigenvalue weighted by Gasteiger charge is 1.92. The van der Waals surface area contributed by atoms with Crippen LogP contribution in [0.4, 0.5) is 0 Å². The van der Waals surface area contributed by atoms with Gasteiger partial charge in [0.1, 0.15) is 0 Å². The fourth-order valence-corrected chi connectivity index (χ4v) is 1.08. The zero-order valence-electron chi connectivity index (χ0n) is 7.49. The Kier molecular flexibility index (Phi) is 2.62. The molecular formula is C11H13NO. The van der Waals surface area contributed by atoms with Crippen molar-refractivity contribution < 1.29 is 4.42 Å². The Balaban J connectivity index is 0.000000137. The summed E-state index contributed by atoms with van der Waals surface area (Å²) in [5.74, 6) is 0. The van der Waals surface area contributed by atoms with E-state index < -0.39 is 0 Å². The zero-order chi connectivity index (χ0) is 8.93. The van der Waals surface area contributed by atoms with E-state index in [0.717, 1.165) is 10.8 Å². The van der Waals surface area contributed by atoms with Gasteiger partial charge >= 0.3 is 0 Å². The molecule has 0 unspecified atom stereocenters. The predicted molar refractivity (Wildman–Crippen MR) is 53.7 cm³/mol. The van der Waals surface area contributed by atoms with Crippen molar-refractivity contribution in [3.8, 4) is 0 Å². The van der Waals surface area contributed by atoms with Crippen molar-refractivity contribution in [2.24, 2.45) is 0 Å². The number of hydrogen-bond acceptors (Lipinski definition) is 2. The highest BCUT2D eigenvalue weighted by atomic mass is 16.3. The second kappa shape index (κ2) is 4.10. The summed E-state index contributed by atoms with van der Waals surface area (Å²) in [7, 11) is 0. The summed E-state index contributed by atoms with van der Waals surface area (Å²) in [4.78, 5) is 0. The molecule has 2 aromatic rings. The summed E-state index contributed by atoms with van der Waals surface area (Å²) in [5, 5.41) is 5.44. The number of rotatable bonds is 0. The highest BCUT2D eigenvalue weighted by Crippen LogP contribution is 2.12. The largest absolute Gasteiger partial charge is 0.471 e. The van der Waals surface area contributed by atoms with Crippen LogP contribution in [0, 0.1) is 0 Å². The molecule has 1 aliphatic heterocycles. The van der Waals surface area contributed by atoms with Gasteiger partial charge in [0.05, 0.1) is 12.5 Å². The molecule has 1 N–H and O–H groups in total. The maximum atomic E-state index is 4.96. The van der Waals surface area contributed by atoms with E-state index in [1.807, 2.05) is 24.3 Å². The summed E-state index contributed by atoms with van der Waals surface area (Å²) in [6.45, 7) is 2.50. The summed E-state index contributed by atoms with van der Waals surface area (Å²) < 4.78 is 4.96. The van der Waals surface area contributed by atoms with Crippen LogP contribution in [0.15, 0.2) is 41.2 Å². The van der Waals surface area contributed by atoms with Gasteiger partial charge in [0, 0.05) is 10.8 Å². The first-order chi connectivity index (χ1) is 6.47. The molecule has 1 aliphatic rings. The Morgan fingerprint density at radius 3 is 1.85 bits per heavy atom. The third-order valence-electron chi connectivity index (χ3n) is 2.09. The molecule has 0 saturated carbocycles. The van der Waals surface area contributed by atoms with Crippen LogP contribution in [0.2, 0.25) is 0 Å². The van der Waals surface area contributed by atoms with Gasteiger partial charge in [-0.15, -0.1) is 0 Å². The lowest BCUT2D eigenvalue weighted by molar-refractivity contribution is 0.527. The molecule has 0 amide bonds. The van der Waals surface area contributed by atoms with Crippen LogP contribution in [0.3, 0.4) is 0 Å². The van der Waals surface area contributed by atoms with Gasteiger partial charge in [-0.05, 0) is 19.5 Å². The first-order valence-electron chi connectivity index (χ1n) is 4.58. The molecule has 13 heavy (non-hydrogen) atoms. The Morgan fingerprint density at radius 1 is 1.00 bits per heavy atom. The van der Waals surface area contributed by atoms with Crippen LogP contribution in [0.25, 0.3) is 10.8 Å². The van der Waals surface area contributed by atoms with Crippen LogP contribution in [0.1, 0.15) is 6.42 Å². The number of hydrogen-bond donors (Lipinski definition) is 1. The van der Waals surface area contributed by atoms with Crippen LogP contribution < -0.4 is 5.32 Å². The van der Waals surface area contributed by atoms with E-state index in [2.05, 4.69) is 5.32 Å². The minimum absolute atomic E-state index is 1.16. The fraction of sp³-hybridized carbons (Fsp3) is 0.273. The lowest BCUT2D eigenvalue weighted by atomic mass is 10.2. The SMILES string of the molecule is C1CNC1.c1ccc2cocc2c1. The molecule has 1 aromatic carbocycles. The van der Waals surface area contributed by atoms with Crippen LogP contribution in [-0.2, 0) is 0 Å². The van der Waals surface area contributed by atoms with Gasteiger partial charge in [-0.2, -0.15) is 0 Å². The molecule has 1 fully saturated rings. The second-order valence-electron chi connectivity index (χ2n) is 3.10. The minimum Gasteiger partial charge on any atom is -0.471 e. The fourth-order valence-electron chi connectivity index (χ4n) is 1.08. The maximum absolute atomic E-state index is 4.96. The van der Waals surface area contributed by atoms with E-state index >= 15 is 0 Å². The van der Waals surface area contributed by atoms with Crippen LogP contribution >= 0.6 is 0 Å². The molecule has 2 heteroatoms. The summed E-state index contributed by atoms with van der Waals surface area (Å²) >= 11 is 0. The second-order valence-corrected chi connectivity index (χ2v) is 3.10. The summed E-state index contributed by atoms with van der Waals surface area (Å²) in [5.41, 5.74) is 0. The van der Waals surface area contributed by atoms with Gasteiger partial charge in [-0.25, -0.2) is 0 Å². The van der Waals surface area contributed by atoms with Crippen molar-refractivity contribution in [2.45, 2.75) is 6.42 Å². The van der Waals surface area contributed by atoms with Crippen molar-refractivity contribution in [3.05, 3.63) is 36.8 Å². The topological polar surface area (TPSA) is 25.2 Å². The average molecular weight is 175 g/mol. The summed E-state index contributed by atoms with van der Waals surface area (Å²) in [6, 6.07) is 8.05. The molecule has 2 heterocycles. The van der Waals surface area contributed by atoms with Gasteiger partial charge in [0.2, 0.25) is 0 Å². The van der Waals surface area contributed by atoms with E-state index in [1.165, 1.54) is 19.5 Å². The third-order valence-corrected chi connectivity index (χ3v) is 2.09. The van der Waals surface area contributed by atoms with Crippen LogP contribution in [-0.4, -0.2) is 13.1 Å². The van der Waals surface area contributed by atoms with Crippen LogP contribution in [0.5, 0.6) is 0 Å². The molecule has 0 atom stereocenters. The molecule has 1 saturated heterocycles. The molecular weight excluding hydrogens is 162 g/mol. The number of benzene rings is 1. The molecule has 3 rings (SSSR count). The van der Waals surface area contributed by atoms with E-state index in [0.29, 0.717) is 0 Å². The normalized spacial score (nSPS) is 14.5. The quantitative estimate of drug-likeness (QED) is 0.665.